The van der Waals surface area contributed by atoms with Crippen molar-refractivity contribution in [3.05, 3.63) is 29.8 Å². The SMILES string of the molecule is CN(C)S(=O)(=O)c1cccc(C(=O)NNC(=O)CC23CC4CC(CC(C4)C2)C3)c1. The van der Waals surface area contributed by atoms with Gasteiger partial charge in [-0.05, 0) is 79.9 Å². The van der Waals surface area contributed by atoms with E-state index >= 15 is 0 Å². The van der Waals surface area contributed by atoms with Crippen molar-refractivity contribution in [1.82, 2.24) is 15.2 Å². The minimum atomic E-state index is -3.63. The fourth-order valence-corrected chi connectivity index (χ4v) is 7.05. The topological polar surface area (TPSA) is 95.6 Å². The molecule has 4 aliphatic carbocycles. The third kappa shape index (κ3) is 4.05. The molecule has 158 valence electrons. The van der Waals surface area contributed by atoms with Crippen molar-refractivity contribution in [2.24, 2.45) is 23.2 Å². The average molecular weight is 420 g/mol. The number of sulfonamides is 1. The molecule has 7 nitrogen and oxygen atoms in total. The fraction of sp³-hybridized carbons (Fsp3) is 0.619. The second-order valence-corrected chi connectivity index (χ2v) is 11.6. The molecule has 0 spiro atoms. The van der Waals surface area contributed by atoms with Gasteiger partial charge in [0.1, 0.15) is 0 Å². The van der Waals surface area contributed by atoms with Crippen LogP contribution < -0.4 is 10.9 Å². The van der Waals surface area contributed by atoms with E-state index in [2.05, 4.69) is 10.9 Å². The summed E-state index contributed by atoms with van der Waals surface area (Å²) in [6, 6.07) is 5.80. The molecule has 4 fully saturated rings. The second-order valence-electron chi connectivity index (χ2n) is 9.41. The Kier molecular flexibility index (Phi) is 5.19. The van der Waals surface area contributed by atoms with E-state index < -0.39 is 15.9 Å². The molecule has 1 aromatic rings. The molecule has 2 amide bonds. The predicted molar refractivity (Wildman–Crippen MR) is 108 cm³/mol. The molecule has 0 aliphatic heterocycles. The molecule has 0 unspecified atom stereocenters. The Bertz CT molecular complexity index is 890. The molecule has 8 heteroatoms. The Balaban J connectivity index is 1.36. The fourth-order valence-electron chi connectivity index (χ4n) is 6.10. The van der Waals surface area contributed by atoms with Gasteiger partial charge in [0.15, 0.2) is 0 Å². The highest BCUT2D eigenvalue weighted by molar-refractivity contribution is 7.89. The lowest BCUT2D eigenvalue weighted by Crippen LogP contribution is -2.50. The summed E-state index contributed by atoms with van der Waals surface area (Å²) >= 11 is 0. The quantitative estimate of drug-likeness (QED) is 0.716. The van der Waals surface area contributed by atoms with Crippen LogP contribution in [-0.2, 0) is 14.8 Å². The molecule has 29 heavy (non-hydrogen) atoms. The van der Waals surface area contributed by atoms with Gasteiger partial charge in [-0.3, -0.25) is 20.4 Å². The third-order valence-corrected chi connectivity index (χ3v) is 8.70. The highest BCUT2D eigenvalue weighted by Crippen LogP contribution is 2.61. The van der Waals surface area contributed by atoms with Gasteiger partial charge in [-0.1, -0.05) is 6.07 Å². The number of carbonyl (C=O) groups excluding carboxylic acids is 2. The van der Waals surface area contributed by atoms with Crippen LogP contribution in [0.25, 0.3) is 0 Å². The van der Waals surface area contributed by atoms with E-state index in [1.165, 1.54) is 57.6 Å². The van der Waals surface area contributed by atoms with Gasteiger partial charge in [0.25, 0.3) is 5.91 Å². The Morgan fingerprint density at radius 3 is 2.17 bits per heavy atom. The number of hydrazine groups is 1. The molecular formula is C21H29N3O4S. The molecule has 5 rings (SSSR count). The zero-order chi connectivity index (χ0) is 20.8. The van der Waals surface area contributed by atoms with E-state index in [4.69, 9.17) is 0 Å². The first-order valence-electron chi connectivity index (χ1n) is 10.3. The minimum Gasteiger partial charge on any atom is -0.273 e. The van der Waals surface area contributed by atoms with Gasteiger partial charge < -0.3 is 0 Å². The first kappa shape index (κ1) is 20.3. The van der Waals surface area contributed by atoms with E-state index in [0.29, 0.717) is 6.42 Å². The van der Waals surface area contributed by atoms with Gasteiger partial charge >= 0.3 is 0 Å². The third-order valence-electron chi connectivity index (χ3n) is 6.89. The van der Waals surface area contributed by atoms with Gasteiger partial charge in [0.05, 0.1) is 4.90 Å². The van der Waals surface area contributed by atoms with Crippen LogP contribution in [-0.4, -0.2) is 38.6 Å². The number of nitrogens with one attached hydrogen (secondary N) is 2. The molecule has 0 heterocycles. The minimum absolute atomic E-state index is 0.0371. The smallest absolute Gasteiger partial charge is 0.269 e. The summed E-state index contributed by atoms with van der Waals surface area (Å²) in [5.74, 6) is 1.61. The van der Waals surface area contributed by atoms with Crippen LogP contribution in [0.5, 0.6) is 0 Å². The Morgan fingerprint density at radius 2 is 1.62 bits per heavy atom. The molecule has 4 aliphatic rings. The van der Waals surface area contributed by atoms with E-state index in [-0.39, 0.29) is 21.8 Å². The summed E-state index contributed by atoms with van der Waals surface area (Å²) in [4.78, 5) is 25.0. The molecule has 4 saturated carbocycles. The molecule has 2 N–H and O–H groups in total. The maximum atomic E-state index is 12.6. The van der Waals surface area contributed by atoms with Crippen LogP contribution in [0.2, 0.25) is 0 Å². The number of benzene rings is 1. The van der Waals surface area contributed by atoms with Crippen molar-refractivity contribution >= 4 is 21.8 Å². The van der Waals surface area contributed by atoms with Crippen LogP contribution in [0.4, 0.5) is 0 Å². The number of carbonyl (C=O) groups is 2. The van der Waals surface area contributed by atoms with Crippen molar-refractivity contribution in [1.29, 1.82) is 0 Å². The molecule has 0 aromatic heterocycles. The van der Waals surface area contributed by atoms with Crippen molar-refractivity contribution in [2.75, 3.05) is 14.1 Å². The van der Waals surface area contributed by atoms with Crippen LogP contribution >= 0.6 is 0 Å². The summed E-state index contributed by atoms with van der Waals surface area (Å²) in [5, 5.41) is 0. The van der Waals surface area contributed by atoms with Gasteiger partial charge in [-0.25, -0.2) is 12.7 Å². The molecule has 4 bridgehead atoms. The number of rotatable bonds is 5. The molecule has 1 aromatic carbocycles. The van der Waals surface area contributed by atoms with Gasteiger partial charge in [-0.15, -0.1) is 0 Å². The normalized spacial score (nSPS) is 30.4. The standard InChI is InChI=1S/C21H29N3O4S/c1-24(2)29(27,28)18-5-3-4-17(9-18)20(26)23-22-19(25)13-21-10-14-6-15(11-21)8-16(7-14)12-21/h3-5,9,14-16H,6-8,10-13H2,1-2H3,(H,22,25)(H,23,26). The van der Waals surface area contributed by atoms with Gasteiger partial charge in [0.2, 0.25) is 15.9 Å². The number of hydrogen-bond acceptors (Lipinski definition) is 4. The van der Waals surface area contributed by atoms with E-state index in [9.17, 15) is 18.0 Å². The predicted octanol–water partition coefficient (Wildman–Crippen LogP) is 2.30. The molecule has 0 saturated heterocycles. The lowest BCUT2D eigenvalue weighted by Gasteiger charge is -2.56. The maximum absolute atomic E-state index is 12.6. The van der Waals surface area contributed by atoms with Crippen LogP contribution in [0, 0.1) is 23.2 Å². The summed E-state index contributed by atoms with van der Waals surface area (Å²) in [7, 11) is -0.754. The van der Waals surface area contributed by atoms with Crippen molar-refractivity contribution in [2.45, 2.75) is 49.8 Å². The Labute approximate surface area is 172 Å². The highest BCUT2D eigenvalue weighted by atomic mass is 32.2. The zero-order valence-corrected chi connectivity index (χ0v) is 17.8. The lowest BCUT2D eigenvalue weighted by molar-refractivity contribution is -0.130. The zero-order valence-electron chi connectivity index (χ0n) is 17.0. The van der Waals surface area contributed by atoms with E-state index in [0.717, 1.165) is 41.3 Å². The summed E-state index contributed by atoms with van der Waals surface area (Å²) in [6.45, 7) is 0. The van der Waals surface area contributed by atoms with E-state index in [1.54, 1.807) is 0 Å². The van der Waals surface area contributed by atoms with Crippen molar-refractivity contribution < 1.29 is 18.0 Å². The van der Waals surface area contributed by atoms with Crippen molar-refractivity contribution in [3.63, 3.8) is 0 Å². The summed E-state index contributed by atoms with van der Waals surface area (Å²) in [5.41, 5.74) is 5.26. The largest absolute Gasteiger partial charge is 0.273 e. The first-order valence-corrected chi connectivity index (χ1v) is 11.7. The van der Waals surface area contributed by atoms with Gasteiger partial charge in [-0.2, -0.15) is 0 Å². The van der Waals surface area contributed by atoms with Crippen LogP contribution in [0.3, 0.4) is 0 Å². The van der Waals surface area contributed by atoms with Crippen molar-refractivity contribution in [3.8, 4) is 0 Å². The maximum Gasteiger partial charge on any atom is 0.269 e. The Morgan fingerprint density at radius 1 is 1.03 bits per heavy atom. The number of nitrogens with zero attached hydrogens (tertiary/aromatic N) is 1. The summed E-state index contributed by atoms with van der Waals surface area (Å²) in [6.07, 6.45) is 7.81. The molecule has 0 radical (unpaired) electrons. The van der Waals surface area contributed by atoms with Crippen LogP contribution in [0.15, 0.2) is 29.2 Å². The first-order chi connectivity index (χ1) is 13.7. The Hall–Kier alpha value is -1.93. The summed E-state index contributed by atoms with van der Waals surface area (Å²) < 4.78 is 25.6. The number of hydrogen-bond donors (Lipinski definition) is 2. The molecule has 0 atom stereocenters. The molecular weight excluding hydrogens is 390 g/mol. The monoisotopic (exact) mass is 419 g/mol. The van der Waals surface area contributed by atoms with E-state index in [1.807, 2.05) is 0 Å². The van der Waals surface area contributed by atoms with Crippen LogP contribution in [0.1, 0.15) is 55.3 Å². The highest BCUT2D eigenvalue weighted by Gasteiger charge is 2.51. The second kappa shape index (κ2) is 7.40. The van der Waals surface area contributed by atoms with Gasteiger partial charge in [0, 0.05) is 26.1 Å². The number of amides is 2. The average Bonchev–Trinajstić information content (AvgIpc) is 2.64. The lowest BCUT2D eigenvalue weighted by atomic mass is 9.49.